The van der Waals surface area contributed by atoms with E-state index in [9.17, 15) is 13.2 Å². The van der Waals surface area contributed by atoms with Crippen LogP contribution >= 0.6 is 11.6 Å². The molecule has 0 unspecified atom stereocenters. The van der Waals surface area contributed by atoms with Crippen LogP contribution in [-0.2, 0) is 21.4 Å². The molecule has 0 amide bonds. The molecule has 0 saturated heterocycles. The first-order chi connectivity index (χ1) is 14.4. The van der Waals surface area contributed by atoms with Crippen LogP contribution in [0, 0.1) is 0 Å². The van der Waals surface area contributed by atoms with Crippen molar-refractivity contribution in [3.63, 3.8) is 0 Å². The fraction of sp³-hybridized carbons (Fsp3) is 0.250. The fourth-order valence-corrected chi connectivity index (χ4v) is 4.71. The van der Waals surface area contributed by atoms with Gasteiger partial charge in [-0.1, -0.05) is 43.6 Å². The third kappa shape index (κ3) is 4.69. The Hall–Kier alpha value is -2.75. The quantitative estimate of drug-likeness (QED) is 0.482. The van der Waals surface area contributed by atoms with Crippen LogP contribution < -0.4 is 0 Å². The van der Waals surface area contributed by atoms with E-state index in [1.165, 1.54) is 22.5 Å². The van der Waals surface area contributed by atoms with Gasteiger partial charge in [0.2, 0.25) is 15.9 Å². The van der Waals surface area contributed by atoms with Crippen molar-refractivity contribution in [3.05, 3.63) is 65.0 Å². The number of halogens is 1. The lowest BCUT2D eigenvalue weighted by molar-refractivity contribution is 0.0438. The maximum Gasteiger partial charge on any atom is 0.338 e. The molecule has 10 heteroatoms. The molecule has 30 heavy (non-hydrogen) atoms. The highest BCUT2D eigenvalue weighted by Crippen LogP contribution is 2.26. The van der Waals surface area contributed by atoms with Gasteiger partial charge in [0, 0.05) is 18.7 Å². The molecule has 0 fully saturated rings. The first-order valence-electron chi connectivity index (χ1n) is 9.21. The minimum absolute atomic E-state index is 0.0304. The molecule has 1 heterocycles. The highest BCUT2D eigenvalue weighted by molar-refractivity contribution is 7.89. The zero-order valence-corrected chi connectivity index (χ0v) is 18.0. The second-order valence-corrected chi connectivity index (χ2v) is 8.49. The highest BCUT2D eigenvalue weighted by atomic mass is 35.5. The number of rotatable bonds is 8. The van der Waals surface area contributed by atoms with Crippen molar-refractivity contribution in [2.45, 2.75) is 25.3 Å². The standard InChI is InChI=1S/C20H20ClN3O5S/c1-3-24(4-2)30(26,27)17-12-15(10-11-16(17)21)20(25)28-13-18-22-23-19(29-18)14-8-6-5-7-9-14/h5-12H,3-4,13H2,1-2H3. The number of esters is 1. The molecule has 0 spiro atoms. The first kappa shape index (κ1) is 21.9. The summed E-state index contributed by atoms with van der Waals surface area (Å²) in [4.78, 5) is 12.3. The van der Waals surface area contributed by atoms with Crippen LogP contribution in [0.4, 0.5) is 0 Å². The molecule has 1 aromatic heterocycles. The van der Waals surface area contributed by atoms with E-state index in [0.717, 1.165) is 5.56 Å². The van der Waals surface area contributed by atoms with Crippen LogP contribution in [0.5, 0.6) is 0 Å². The summed E-state index contributed by atoms with van der Waals surface area (Å²) in [5.74, 6) is -0.310. The maximum absolute atomic E-state index is 12.8. The summed E-state index contributed by atoms with van der Waals surface area (Å²) >= 11 is 6.09. The Balaban J connectivity index is 1.74. The van der Waals surface area contributed by atoms with Gasteiger partial charge in [-0.05, 0) is 30.3 Å². The van der Waals surface area contributed by atoms with E-state index in [0.29, 0.717) is 5.89 Å². The van der Waals surface area contributed by atoms with Crippen molar-refractivity contribution >= 4 is 27.6 Å². The molecular formula is C20H20ClN3O5S. The monoisotopic (exact) mass is 449 g/mol. The molecule has 0 saturated carbocycles. The number of carbonyl (C=O) groups is 1. The predicted octanol–water partition coefficient (Wildman–Crippen LogP) is 3.78. The van der Waals surface area contributed by atoms with E-state index in [-0.39, 0.29) is 41.1 Å². The normalized spacial score (nSPS) is 11.6. The second-order valence-electron chi connectivity index (χ2n) is 6.18. The number of benzene rings is 2. The number of aromatic nitrogens is 2. The Morgan fingerprint density at radius 1 is 1.10 bits per heavy atom. The summed E-state index contributed by atoms with van der Waals surface area (Å²) in [6.45, 7) is 3.76. The largest absolute Gasteiger partial charge is 0.452 e. The molecule has 158 valence electrons. The summed E-state index contributed by atoms with van der Waals surface area (Å²) in [5, 5.41) is 7.81. The summed E-state index contributed by atoms with van der Waals surface area (Å²) in [6, 6.07) is 13.1. The average molecular weight is 450 g/mol. The lowest BCUT2D eigenvalue weighted by atomic mass is 10.2. The minimum Gasteiger partial charge on any atom is -0.452 e. The van der Waals surface area contributed by atoms with Crippen LogP contribution in [-0.4, -0.2) is 42.0 Å². The SMILES string of the molecule is CCN(CC)S(=O)(=O)c1cc(C(=O)OCc2nnc(-c3ccccc3)o2)ccc1Cl. The van der Waals surface area contributed by atoms with Gasteiger partial charge in [-0.25, -0.2) is 13.2 Å². The van der Waals surface area contributed by atoms with Crippen LogP contribution in [0.3, 0.4) is 0 Å². The van der Waals surface area contributed by atoms with E-state index in [1.807, 2.05) is 30.3 Å². The average Bonchev–Trinajstić information content (AvgIpc) is 3.22. The number of ether oxygens (including phenoxy) is 1. The van der Waals surface area contributed by atoms with Crippen LogP contribution in [0.25, 0.3) is 11.5 Å². The molecule has 8 nitrogen and oxygen atoms in total. The van der Waals surface area contributed by atoms with Gasteiger partial charge in [0.25, 0.3) is 5.89 Å². The maximum atomic E-state index is 12.8. The summed E-state index contributed by atoms with van der Waals surface area (Å²) in [6.07, 6.45) is 0. The summed E-state index contributed by atoms with van der Waals surface area (Å²) in [7, 11) is -3.83. The van der Waals surface area contributed by atoms with Gasteiger partial charge in [0.1, 0.15) is 4.90 Å². The predicted molar refractivity (Wildman–Crippen MR) is 110 cm³/mol. The van der Waals surface area contributed by atoms with Gasteiger partial charge in [0.15, 0.2) is 6.61 Å². The Labute approximate surface area is 179 Å². The van der Waals surface area contributed by atoms with Gasteiger partial charge < -0.3 is 9.15 Å². The summed E-state index contributed by atoms with van der Waals surface area (Å²) in [5.41, 5.74) is 0.791. The number of carbonyl (C=O) groups excluding carboxylic acids is 1. The Morgan fingerprint density at radius 2 is 1.80 bits per heavy atom. The van der Waals surface area contributed by atoms with Crippen LogP contribution in [0.15, 0.2) is 57.8 Å². The number of hydrogen-bond acceptors (Lipinski definition) is 7. The van der Waals surface area contributed by atoms with E-state index >= 15 is 0 Å². The van der Waals surface area contributed by atoms with Gasteiger partial charge in [-0.15, -0.1) is 10.2 Å². The van der Waals surface area contributed by atoms with Crippen molar-refractivity contribution in [1.82, 2.24) is 14.5 Å². The Kier molecular flexibility index (Phi) is 6.86. The van der Waals surface area contributed by atoms with E-state index < -0.39 is 16.0 Å². The second kappa shape index (κ2) is 9.38. The molecule has 0 bridgehead atoms. The molecule has 0 atom stereocenters. The minimum atomic E-state index is -3.83. The molecule has 0 aliphatic heterocycles. The van der Waals surface area contributed by atoms with Crippen molar-refractivity contribution in [2.24, 2.45) is 0 Å². The van der Waals surface area contributed by atoms with E-state index in [1.54, 1.807) is 13.8 Å². The molecule has 0 aliphatic carbocycles. The third-order valence-electron chi connectivity index (χ3n) is 4.30. The molecular weight excluding hydrogens is 430 g/mol. The molecule has 0 N–H and O–H groups in total. The number of nitrogens with zero attached hydrogens (tertiary/aromatic N) is 3. The lowest BCUT2D eigenvalue weighted by Crippen LogP contribution is -2.31. The zero-order chi connectivity index (χ0) is 21.7. The molecule has 3 aromatic rings. The molecule has 3 rings (SSSR count). The van der Waals surface area contributed by atoms with Crippen molar-refractivity contribution in [1.29, 1.82) is 0 Å². The van der Waals surface area contributed by atoms with Gasteiger partial charge in [-0.3, -0.25) is 0 Å². The summed E-state index contributed by atoms with van der Waals surface area (Å²) < 4.78 is 37.5. The highest BCUT2D eigenvalue weighted by Gasteiger charge is 2.26. The number of sulfonamides is 1. The van der Waals surface area contributed by atoms with Crippen molar-refractivity contribution < 1.29 is 22.4 Å². The molecule has 0 aliphatic rings. The van der Waals surface area contributed by atoms with E-state index in [2.05, 4.69) is 10.2 Å². The number of hydrogen-bond donors (Lipinski definition) is 0. The molecule has 2 aromatic carbocycles. The Bertz CT molecular complexity index is 1130. The Morgan fingerprint density at radius 3 is 2.47 bits per heavy atom. The fourth-order valence-electron chi connectivity index (χ4n) is 2.75. The van der Waals surface area contributed by atoms with Gasteiger partial charge >= 0.3 is 5.97 Å². The van der Waals surface area contributed by atoms with Crippen molar-refractivity contribution in [3.8, 4) is 11.5 Å². The zero-order valence-electron chi connectivity index (χ0n) is 16.4. The third-order valence-corrected chi connectivity index (χ3v) is 6.84. The van der Waals surface area contributed by atoms with Gasteiger partial charge in [0.05, 0.1) is 10.6 Å². The first-order valence-corrected chi connectivity index (χ1v) is 11.0. The van der Waals surface area contributed by atoms with Gasteiger partial charge in [-0.2, -0.15) is 4.31 Å². The smallest absolute Gasteiger partial charge is 0.338 e. The topological polar surface area (TPSA) is 103 Å². The van der Waals surface area contributed by atoms with E-state index in [4.69, 9.17) is 20.8 Å². The van der Waals surface area contributed by atoms with Crippen LogP contribution in [0.1, 0.15) is 30.1 Å². The van der Waals surface area contributed by atoms with Crippen molar-refractivity contribution in [2.75, 3.05) is 13.1 Å². The van der Waals surface area contributed by atoms with Crippen LogP contribution in [0.2, 0.25) is 5.02 Å². The molecule has 0 radical (unpaired) electrons. The lowest BCUT2D eigenvalue weighted by Gasteiger charge is -2.19.